The average molecular weight is 274 g/mol. The monoisotopic (exact) mass is 274 g/mol. The van der Waals surface area contributed by atoms with E-state index in [1.807, 2.05) is 25.1 Å². The maximum Gasteiger partial charge on any atom is 0.161 e. The molecule has 4 nitrogen and oxygen atoms in total. The molecule has 0 heterocycles. The molecule has 1 aromatic rings. The van der Waals surface area contributed by atoms with Crippen molar-refractivity contribution >= 4 is 0 Å². The van der Waals surface area contributed by atoms with Gasteiger partial charge in [0.05, 0.1) is 25.7 Å². The third-order valence-electron chi connectivity index (χ3n) is 3.78. The Labute approximate surface area is 120 Å². The topological polar surface area (TPSA) is 54.3 Å². The number of methoxy groups -OCH3 is 1. The van der Waals surface area contributed by atoms with Crippen molar-refractivity contribution in [2.24, 2.45) is 5.92 Å². The highest BCUT2D eigenvalue weighted by molar-refractivity contribution is 5.42. The minimum absolute atomic E-state index is 0.152. The van der Waals surface area contributed by atoms with E-state index in [2.05, 4.69) is 11.4 Å². The predicted molar refractivity (Wildman–Crippen MR) is 77.7 cm³/mol. The molecule has 1 aliphatic rings. The van der Waals surface area contributed by atoms with E-state index >= 15 is 0 Å². The van der Waals surface area contributed by atoms with Gasteiger partial charge in [0.25, 0.3) is 0 Å². The summed E-state index contributed by atoms with van der Waals surface area (Å²) in [6.07, 6.45) is 3.25. The SMILES string of the molecule is CCOc1cc(CNC2CCCC2C#N)ccc1OC. The molecule has 1 saturated carbocycles. The van der Waals surface area contributed by atoms with Crippen molar-refractivity contribution in [2.75, 3.05) is 13.7 Å². The van der Waals surface area contributed by atoms with E-state index in [0.717, 1.165) is 42.9 Å². The number of ether oxygens (including phenoxy) is 2. The Morgan fingerprint density at radius 3 is 2.90 bits per heavy atom. The van der Waals surface area contributed by atoms with Gasteiger partial charge >= 0.3 is 0 Å². The molecule has 2 atom stereocenters. The van der Waals surface area contributed by atoms with Gasteiger partial charge in [-0.05, 0) is 37.5 Å². The Morgan fingerprint density at radius 1 is 1.35 bits per heavy atom. The van der Waals surface area contributed by atoms with E-state index in [9.17, 15) is 0 Å². The molecule has 0 saturated heterocycles. The summed E-state index contributed by atoms with van der Waals surface area (Å²) in [5, 5.41) is 12.6. The molecule has 2 rings (SSSR count). The standard InChI is InChI=1S/C16H22N2O2/c1-3-20-16-9-12(7-8-15(16)19-2)11-18-14-6-4-5-13(14)10-17/h7-9,13-14,18H,3-6,11H2,1-2H3. The van der Waals surface area contributed by atoms with E-state index in [1.54, 1.807) is 7.11 Å². The molecule has 20 heavy (non-hydrogen) atoms. The Bertz CT molecular complexity index is 482. The average Bonchev–Trinajstić information content (AvgIpc) is 2.93. The molecule has 1 N–H and O–H groups in total. The van der Waals surface area contributed by atoms with Gasteiger partial charge in [0.1, 0.15) is 0 Å². The fraction of sp³-hybridized carbons (Fsp3) is 0.562. The zero-order valence-electron chi connectivity index (χ0n) is 12.2. The fourth-order valence-corrected chi connectivity index (χ4v) is 2.71. The second-order valence-corrected chi connectivity index (χ2v) is 5.07. The molecule has 108 valence electrons. The van der Waals surface area contributed by atoms with Crippen molar-refractivity contribution < 1.29 is 9.47 Å². The summed E-state index contributed by atoms with van der Waals surface area (Å²) in [6, 6.07) is 8.68. The summed E-state index contributed by atoms with van der Waals surface area (Å²) in [7, 11) is 1.64. The van der Waals surface area contributed by atoms with Gasteiger partial charge in [0.15, 0.2) is 11.5 Å². The van der Waals surface area contributed by atoms with Gasteiger partial charge in [0.2, 0.25) is 0 Å². The van der Waals surface area contributed by atoms with Crippen molar-refractivity contribution in [3.8, 4) is 17.6 Å². The third kappa shape index (κ3) is 3.43. The number of rotatable bonds is 6. The highest BCUT2D eigenvalue weighted by atomic mass is 16.5. The molecular weight excluding hydrogens is 252 g/mol. The van der Waals surface area contributed by atoms with Crippen molar-refractivity contribution in [3.05, 3.63) is 23.8 Å². The molecule has 4 heteroatoms. The van der Waals surface area contributed by atoms with Crippen LogP contribution in [0.3, 0.4) is 0 Å². The van der Waals surface area contributed by atoms with Crippen molar-refractivity contribution in [2.45, 2.75) is 38.8 Å². The second kappa shape index (κ2) is 7.16. The fourth-order valence-electron chi connectivity index (χ4n) is 2.71. The van der Waals surface area contributed by atoms with Gasteiger partial charge in [-0.2, -0.15) is 5.26 Å². The van der Waals surface area contributed by atoms with Gasteiger partial charge in [-0.1, -0.05) is 12.5 Å². The maximum atomic E-state index is 9.09. The van der Waals surface area contributed by atoms with Crippen molar-refractivity contribution in [1.82, 2.24) is 5.32 Å². The van der Waals surface area contributed by atoms with Gasteiger partial charge in [-0.25, -0.2) is 0 Å². The summed E-state index contributed by atoms with van der Waals surface area (Å²) in [5.41, 5.74) is 1.15. The lowest BCUT2D eigenvalue weighted by Crippen LogP contribution is -2.31. The van der Waals surface area contributed by atoms with E-state index in [0.29, 0.717) is 12.6 Å². The first-order chi connectivity index (χ1) is 9.78. The molecule has 0 aliphatic heterocycles. The van der Waals surface area contributed by atoms with E-state index in [-0.39, 0.29) is 5.92 Å². The summed E-state index contributed by atoms with van der Waals surface area (Å²) in [5.74, 6) is 1.68. The molecule has 1 aliphatic carbocycles. The normalized spacial score (nSPS) is 21.4. The highest BCUT2D eigenvalue weighted by Crippen LogP contribution is 2.29. The largest absolute Gasteiger partial charge is 0.493 e. The first kappa shape index (κ1) is 14.7. The highest BCUT2D eigenvalue weighted by Gasteiger charge is 2.26. The Kier molecular flexibility index (Phi) is 5.25. The van der Waals surface area contributed by atoms with E-state index in [4.69, 9.17) is 14.7 Å². The Balaban J connectivity index is 1.99. The van der Waals surface area contributed by atoms with Crippen LogP contribution < -0.4 is 14.8 Å². The van der Waals surface area contributed by atoms with Crippen LogP contribution in [0.4, 0.5) is 0 Å². The van der Waals surface area contributed by atoms with Crippen LogP contribution in [0.15, 0.2) is 18.2 Å². The molecule has 0 radical (unpaired) electrons. The van der Waals surface area contributed by atoms with Crippen LogP contribution >= 0.6 is 0 Å². The number of nitrogens with one attached hydrogen (secondary N) is 1. The molecule has 1 aromatic carbocycles. The molecule has 0 amide bonds. The van der Waals surface area contributed by atoms with Gasteiger partial charge in [-0.3, -0.25) is 0 Å². The first-order valence-corrected chi connectivity index (χ1v) is 7.21. The molecule has 0 bridgehead atoms. The lowest BCUT2D eigenvalue weighted by Gasteiger charge is -2.16. The van der Waals surface area contributed by atoms with Crippen LogP contribution in [0.5, 0.6) is 11.5 Å². The molecule has 1 fully saturated rings. The summed E-state index contributed by atoms with van der Waals surface area (Å²) in [4.78, 5) is 0. The predicted octanol–water partition coefficient (Wildman–Crippen LogP) is 2.88. The van der Waals surface area contributed by atoms with Crippen molar-refractivity contribution in [1.29, 1.82) is 5.26 Å². The maximum absolute atomic E-state index is 9.09. The summed E-state index contributed by atoms with van der Waals surface area (Å²) >= 11 is 0. The van der Waals surface area contributed by atoms with Gasteiger partial charge in [0, 0.05) is 12.6 Å². The van der Waals surface area contributed by atoms with E-state index < -0.39 is 0 Å². The lowest BCUT2D eigenvalue weighted by molar-refractivity contribution is 0.310. The zero-order chi connectivity index (χ0) is 14.4. The van der Waals surface area contributed by atoms with Crippen LogP contribution in [0.1, 0.15) is 31.7 Å². The molecule has 0 spiro atoms. The number of nitrogens with zero attached hydrogens (tertiary/aromatic N) is 1. The number of hydrogen-bond donors (Lipinski definition) is 1. The van der Waals surface area contributed by atoms with Crippen LogP contribution in [-0.2, 0) is 6.54 Å². The van der Waals surface area contributed by atoms with Gasteiger partial charge in [-0.15, -0.1) is 0 Å². The van der Waals surface area contributed by atoms with Crippen LogP contribution in [0.2, 0.25) is 0 Å². The minimum atomic E-state index is 0.152. The Hall–Kier alpha value is -1.73. The number of benzene rings is 1. The smallest absolute Gasteiger partial charge is 0.161 e. The zero-order valence-corrected chi connectivity index (χ0v) is 12.2. The molecule has 0 aromatic heterocycles. The second-order valence-electron chi connectivity index (χ2n) is 5.07. The van der Waals surface area contributed by atoms with Crippen molar-refractivity contribution in [3.63, 3.8) is 0 Å². The first-order valence-electron chi connectivity index (χ1n) is 7.21. The summed E-state index contributed by atoms with van der Waals surface area (Å²) < 4.78 is 10.9. The molecular formula is C16H22N2O2. The number of hydrogen-bond acceptors (Lipinski definition) is 4. The molecule has 2 unspecified atom stereocenters. The summed E-state index contributed by atoms with van der Waals surface area (Å²) in [6.45, 7) is 3.33. The quantitative estimate of drug-likeness (QED) is 0.866. The Morgan fingerprint density at radius 2 is 2.20 bits per heavy atom. The van der Waals surface area contributed by atoms with Crippen LogP contribution in [0, 0.1) is 17.2 Å². The van der Waals surface area contributed by atoms with Gasteiger partial charge < -0.3 is 14.8 Å². The van der Waals surface area contributed by atoms with Crippen LogP contribution in [-0.4, -0.2) is 19.8 Å². The third-order valence-corrected chi connectivity index (χ3v) is 3.78. The van der Waals surface area contributed by atoms with Crippen LogP contribution in [0.25, 0.3) is 0 Å². The van der Waals surface area contributed by atoms with E-state index in [1.165, 1.54) is 0 Å². The number of nitriles is 1. The minimum Gasteiger partial charge on any atom is -0.493 e. The lowest BCUT2D eigenvalue weighted by atomic mass is 10.1.